The summed E-state index contributed by atoms with van der Waals surface area (Å²) in [5.41, 5.74) is 0.775. The Balaban J connectivity index is 2.52. The molecular weight excluding hydrogens is 218 g/mol. The largest absolute Gasteiger partial charge is 0.469 e. The zero-order valence-corrected chi connectivity index (χ0v) is 10.8. The summed E-state index contributed by atoms with van der Waals surface area (Å²) in [6.07, 6.45) is 7.09. The smallest absolute Gasteiger partial charge is 0.309 e. The third kappa shape index (κ3) is 3.72. The van der Waals surface area contributed by atoms with Crippen LogP contribution in [0.2, 0.25) is 0 Å². The molecule has 1 N–H and O–H groups in total. The first-order chi connectivity index (χ1) is 8.24. The summed E-state index contributed by atoms with van der Waals surface area (Å²) in [7, 11) is 1.42. The summed E-state index contributed by atoms with van der Waals surface area (Å²) in [4.78, 5) is 11.6. The standard InChI is InChI=1S/C13H23NO3/c1-3-4-5-6-7-10-11(13(15)17-2)8-9-12(10)14-16/h10-11,16H,3-9H2,1-2H3/t10-,11+/m0/s1. The molecule has 0 aliphatic heterocycles. The van der Waals surface area contributed by atoms with E-state index in [4.69, 9.17) is 9.94 Å². The molecule has 17 heavy (non-hydrogen) atoms. The minimum atomic E-state index is -0.163. The van der Waals surface area contributed by atoms with Gasteiger partial charge in [-0.3, -0.25) is 4.79 Å². The van der Waals surface area contributed by atoms with Crippen LogP contribution in [-0.4, -0.2) is 24.0 Å². The van der Waals surface area contributed by atoms with Gasteiger partial charge in [-0.05, 0) is 19.3 Å². The van der Waals surface area contributed by atoms with Crippen LogP contribution in [0.4, 0.5) is 0 Å². The van der Waals surface area contributed by atoms with Crippen LogP contribution in [0.1, 0.15) is 51.9 Å². The average Bonchev–Trinajstić information content (AvgIpc) is 2.76. The van der Waals surface area contributed by atoms with Crippen LogP contribution >= 0.6 is 0 Å². The van der Waals surface area contributed by atoms with Crippen molar-refractivity contribution in [3.63, 3.8) is 0 Å². The number of rotatable bonds is 6. The van der Waals surface area contributed by atoms with E-state index in [1.165, 1.54) is 26.4 Å². The molecule has 1 saturated carbocycles. The molecule has 1 fully saturated rings. The molecule has 1 rings (SSSR count). The van der Waals surface area contributed by atoms with Gasteiger partial charge < -0.3 is 9.94 Å². The molecule has 0 bridgehead atoms. The third-order valence-corrected chi connectivity index (χ3v) is 3.63. The first-order valence-electron chi connectivity index (χ1n) is 6.53. The van der Waals surface area contributed by atoms with Gasteiger partial charge in [0.1, 0.15) is 0 Å². The van der Waals surface area contributed by atoms with Gasteiger partial charge in [0.25, 0.3) is 0 Å². The molecule has 4 heteroatoms. The van der Waals surface area contributed by atoms with Crippen LogP contribution in [0.3, 0.4) is 0 Å². The van der Waals surface area contributed by atoms with E-state index >= 15 is 0 Å². The predicted octanol–water partition coefficient (Wildman–Crippen LogP) is 2.99. The Labute approximate surface area is 103 Å². The fraction of sp³-hybridized carbons (Fsp3) is 0.846. The van der Waals surface area contributed by atoms with Crippen LogP contribution in [0.25, 0.3) is 0 Å². The van der Waals surface area contributed by atoms with Crippen LogP contribution in [0.5, 0.6) is 0 Å². The molecule has 0 heterocycles. The molecule has 2 atom stereocenters. The van der Waals surface area contributed by atoms with Gasteiger partial charge in [-0.25, -0.2) is 0 Å². The van der Waals surface area contributed by atoms with Gasteiger partial charge in [0.05, 0.1) is 18.7 Å². The molecule has 0 unspecified atom stereocenters. The Kier molecular flexibility index (Phi) is 6.01. The van der Waals surface area contributed by atoms with E-state index in [1.54, 1.807) is 0 Å². The van der Waals surface area contributed by atoms with Crippen molar-refractivity contribution in [2.45, 2.75) is 51.9 Å². The Bertz CT molecular complexity index is 276. The van der Waals surface area contributed by atoms with E-state index in [0.29, 0.717) is 6.42 Å². The number of methoxy groups -OCH3 is 1. The summed E-state index contributed by atoms with van der Waals surface area (Å²) in [5, 5.41) is 12.3. The average molecular weight is 241 g/mol. The molecule has 0 aromatic rings. The van der Waals surface area contributed by atoms with E-state index in [1.807, 2.05) is 0 Å². The van der Waals surface area contributed by atoms with Gasteiger partial charge in [0, 0.05) is 5.92 Å². The van der Waals surface area contributed by atoms with Crippen molar-refractivity contribution in [1.29, 1.82) is 0 Å². The molecule has 1 aliphatic rings. The minimum absolute atomic E-state index is 0.0873. The first-order valence-corrected chi connectivity index (χ1v) is 6.53. The molecule has 4 nitrogen and oxygen atoms in total. The highest BCUT2D eigenvalue weighted by Gasteiger charge is 2.38. The van der Waals surface area contributed by atoms with E-state index < -0.39 is 0 Å². The Morgan fingerprint density at radius 2 is 2.24 bits per heavy atom. The molecule has 0 aromatic heterocycles. The Hall–Kier alpha value is -1.06. The maximum atomic E-state index is 11.6. The van der Waals surface area contributed by atoms with Gasteiger partial charge in [-0.2, -0.15) is 0 Å². The predicted molar refractivity (Wildman–Crippen MR) is 66.2 cm³/mol. The summed E-state index contributed by atoms with van der Waals surface area (Å²) in [6, 6.07) is 0. The second-order valence-corrected chi connectivity index (χ2v) is 4.72. The number of ether oxygens (including phenoxy) is 1. The summed E-state index contributed by atoms with van der Waals surface area (Å²) in [6.45, 7) is 2.17. The third-order valence-electron chi connectivity index (χ3n) is 3.63. The van der Waals surface area contributed by atoms with Crippen molar-refractivity contribution in [2.75, 3.05) is 7.11 Å². The topological polar surface area (TPSA) is 58.9 Å². The van der Waals surface area contributed by atoms with Crippen molar-refractivity contribution in [3.8, 4) is 0 Å². The number of hydrogen-bond acceptors (Lipinski definition) is 4. The summed E-state index contributed by atoms with van der Waals surface area (Å²) in [5.74, 6) is -0.180. The van der Waals surface area contributed by atoms with Crippen molar-refractivity contribution >= 4 is 11.7 Å². The SMILES string of the molecule is CCCCCC[C@@H]1C(=NO)CC[C@H]1C(=O)OC. The van der Waals surface area contributed by atoms with E-state index in [2.05, 4.69) is 12.1 Å². The molecule has 0 aromatic carbocycles. The lowest BCUT2D eigenvalue weighted by molar-refractivity contribution is -0.146. The molecule has 0 radical (unpaired) electrons. The van der Waals surface area contributed by atoms with Gasteiger partial charge in [-0.1, -0.05) is 37.8 Å². The highest BCUT2D eigenvalue weighted by molar-refractivity contribution is 5.93. The number of hydrogen-bond donors (Lipinski definition) is 1. The van der Waals surface area contributed by atoms with Gasteiger partial charge >= 0.3 is 5.97 Å². The molecule has 98 valence electrons. The lowest BCUT2D eigenvalue weighted by Gasteiger charge is -2.17. The lowest BCUT2D eigenvalue weighted by Crippen LogP contribution is -2.23. The first kappa shape index (κ1) is 14.0. The number of esters is 1. The van der Waals surface area contributed by atoms with Crippen LogP contribution in [0.15, 0.2) is 5.16 Å². The van der Waals surface area contributed by atoms with Crippen molar-refractivity contribution in [3.05, 3.63) is 0 Å². The number of carbonyl (C=O) groups is 1. The summed E-state index contributed by atoms with van der Waals surface area (Å²) < 4.78 is 4.81. The monoisotopic (exact) mass is 241 g/mol. The van der Waals surface area contributed by atoms with Gasteiger partial charge in [0.15, 0.2) is 0 Å². The Morgan fingerprint density at radius 3 is 2.82 bits per heavy atom. The second kappa shape index (κ2) is 7.30. The second-order valence-electron chi connectivity index (χ2n) is 4.72. The lowest BCUT2D eigenvalue weighted by atomic mass is 9.89. The van der Waals surface area contributed by atoms with E-state index in [9.17, 15) is 4.79 Å². The zero-order chi connectivity index (χ0) is 12.7. The van der Waals surface area contributed by atoms with Crippen LogP contribution in [0, 0.1) is 11.8 Å². The highest BCUT2D eigenvalue weighted by atomic mass is 16.5. The number of oxime groups is 1. The van der Waals surface area contributed by atoms with Crippen molar-refractivity contribution in [2.24, 2.45) is 17.0 Å². The molecule has 1 aliphatic carbocycles. The summed E-state index contributed by atoms with van der Waals surface area (Å²) >= 11 is 0. The molecule has 0 spiro atoms. The quantitative estimate of drug-likeness (QED) is 0.336. The molecule has 0 saturated heterocycles. The fourth-order valence-corrected chi connectivity index (χ4v) is 2.64. The maximum absolute atomic E-state index is 11.6. The van der Waals surface area contributed by atoms with Crippen LogP contribution in [-0.2, 0) is 9.53 Å². The number of nitrogens with zero attached hydrogens (tertiary/aromatic N) is 1. The maximum Gasteiger partial charge on any atom is 0.309 e. The highest BCUT2D eigenvalue weighted by Crippen LogP contribution is 2.34. The normalized spacial score (nSPS) is 26.4. The van der Waals surface area contributed by atoms with E-state index in [0.717, 1.165) is 25.0 Å². The van der Waals surface area contributed by atoms with Crippen molar-refractivity contribution in [1.82, 2.24) is 0 Å². The fourth-order valence-electron chi connectivity index (χ4n) is 2.64. The number of unbranched alkanes of at least 4 members (excludes halogenated alkanes) is 3. The minimum Gasteiger partial charge on any atom is -0.469 e. The van der Waals surface area contributed by atoms with Crippen molar-refractivity contribution < 1.29 is 14.7 Å². The Morgan fingerprint density at radius 1 is 1.47 bits per heavy atom. The van der Waals surface area contributed by atoms with Gasteiger partial charge in [-0.15, -0.1) is 0 Å². The molecular formula is C13H23NO3. The van der Waals surface area contributed by atoms with Crippen LogP contribution < -0.4 is 0 Å². The number of carbonyl (C=O) groups excluding carboxylic acids is 1. The van der Waals surface area contributed by atoms with Gasteiger partial charge in [0.2, 0.25) is 0 Å². The molecule has 0 amide bonds. The van der Waals surface area contributed by atoms with E-state index in [-0.39, 0.29) is 17.8 Å². The zero-order valence-electron chi connectivity index (χ0n) is 10.8.